The first-order valence-corrected chi connectivity index (χ1v) is 5.52. The van der Waals surface area contributed by atoms with E-state index in [9.17, 15) is 14.0 Å². The van der Waals surface area contributed by atoms with Crippen molar-refractivity contribution in [1.29, 1.82) is 0 Å². The normalized spacial score (nSPS) is 11.1. The van der Waals surface area contributed by atoms with Gasteiger partial charge in [0.25, 0.3) is 0 Å². The molecule has 0 spiro atoms. The highest BCUT2D eigenvalue weighted by atomic mass is 19.1. The molecule has 0 fully saturated rings. The second kappa shape index (κ2) is 5.16. The minimum Gasteiger partial charge on any atom is -0.480 e. The topological polar surface area (TPSA) is 57.6 Å². The summed E-state index contributed by atoms with van der Waals surface area (Å²) in [5.74, 6) is -2.23. The van der Waals surface area contributed by atoms with Crippen molar-refractivity contribution in [2.45, 2.75) is 20.8 Å². The Balaban J connectivity index is 3.18. The van der Waals surface area contributed by atoms with E-state index in [1.165, 1.54) is 18.2 Å². The standard InChI is InChI=1S/C13H16FNO3/c1-13(2,3)12(18)15(8-11(16)17)10-7-5-4-6-9(10)14/h4-7H,8H2,1-3H3,(H,16,17). The molecule has 0 aliphatic rings. The third kappa shape index (κ3) is 3.29. The maximum atomic E-state index is 13.7. The Hall–Kier alpha value is -1.91. The van der Waals surface area contributed by atoms with E-state index in [4.69, 9.17) is 5.11 Å². The number of carbonyl (C=O) groups excluding carboxylic acids is 1. The number of halogens is 1. The second-order valence-electron chi connectivity index (χ2n) is 4.99. The molecule has 98 valence electrons. The maximum Gasteiger partial charge on any atom is 0.323 e. The Morgan fingerprint density at radius 3 is 2.28 bits per heavy atom. The van der Waals surface area contributed by atoms with Crippen molar-refractivity contribution in [2.75, 3.05) is 11.4 Å². The first-order chi connectivity index (χ1) is 8.23. The number of benzene rings is 1. The van der Waals surface area contributed by atoms with Gasteiger partial charge in [-0.1, -0.05) is 32.9 Å². The number of carboxylic acids is 1. The fourth-order valence-corrected chi connectivity index (χ4v) is 1.48. The van der Waals surface area contributed by atoms with E-state index in [-0.39, 0.29) is 5.69 Å². The Labute approximate surface area is 105 Å². The first-order valence-electron chi connectivity index (χ1n) is 5.52. The minimum atomic E-state index is -1.18. The van der Waals surface area contributed by atoms with Crippen molar-refractivity contribution in [3.8, 4) is 0 Å². The van der Waals surface area contributed by atoms with Crippen molar-refractivity contribution < 1.29 is 19.1 Å². The third-order valence-corrected chi connectivity index (χ3v) is 2.32. The fraction of sp³-hybridized carbons (Fsp3) is 0.385. The van der Waals surface area contributed by atoms with Gasteiger partial charge < -0.3 is 5.11 Å². The lowest BCUT2D eigenvalue weighted by molar-refractivity contribution is -0.137. The van der Waals surface area contributed by atoms with Crippen LogP contribution in [-0.4, -0.2) is 23.5 Å². The molecular weight excluding hydrogens is 237 g/mol. The lowest BCUT2D eigenvalue weighted by atomic mass is 9.94. The molecule has 0 aromatic heterocycles. The van der Waals surface area contributed by atoms with Crippen molar-refractivity contribution >= 4 is 17.6 Å². The second-order valence-corrected chi connectivity index (χ2v) is 4.99. The molecular formula is C13H16FNO3. The van der Waals surface area contributed by atoms with Crippen LogP contribution in [-0.2, 0) is 9.59 Å². The monoisotopic (exact) mass is 253 g/mol. The zero-order valence-electron chi connectivity index (χ0n) is 10.6. The highest BCUT2D eigenvalue weighted by molar-refractivity contribution is 6.00. The summed E-state index contributed by atoms with van der Waals surface area (Å²) < 4.78 is 13.7. The van der Waals surface area contributed by atoms with Crippen LogP contribution in [0.15, 0.2) is 24.3 Å². The number of anilines is 1. The van der Waals surface area contributed by atoms with E-state index < -0.39 is 29.7 Å². The molecule has 18 heavy (non-hydrogen) atoms. The van der Waals surface area contributed by atoms with Gasteiger partial charge in [-0.3, -0.25) is 14.5 Å². The number of carbonyl (C=O) groups is 2. The predicted molar refractivity (Wildman–Crippen MR) is 65.8 cm³/mol. The van der Waals surface area contributed by atoms with Gasteiger partial charge in [-0.25, -0.2) is 4.39 Å². The zero-order chi connectivity index (χ0) is 13.9. The number of aliphatic carboxylic acids is 1. The third-order valence-electron chi connectivity index (χ3n) is 2.32. The average Bonchev–Trinajstić information content (AvgIpc) is 2.24. The van der Waals surface area contributed by atoms with E-state index in [0.29, 0.717) is 0 Å². The molecule has 4 nitrogen and oxygen atoms in total. The Kier molecular flexibility index (Phi) is 4.06. The van der Waals surface area contributed by atoms with Gasteiger partial charge in [0.15, 0.2) is 0 Å². The van der Waals surface area contributed by atoms with Crippen molar-refractivity contribution in [3.63, 3.8) is 0 Å². The summed E-state index contributed by atoms with van der Waals surface area (Å²) in [5, 5.41) is 8.83. The number of para-hydroxylation sites is 1. The lowest BCUT2D eigenvalue weighted by Crippen LogP contribution is -2.43. The van der Waals surface area contributed by atoms with Gasteiger partial charge in [0.05, 0.1) is 5.69 Å². The molecule has 0 unspecified atom stereocenters. The Bertz CT molecular complexity index is 466. The number of rotatable bonds is 3. The largest absolute Gasteiger partial charge is 0.480 e. The van der Waals surface area contributed by atoms with Gasteiger partial charge in [0, 0.05) is 5.41 Å². The molecule has 1 amide bonds. The van der Waals surface area contributed by atoms with Gasteiger partial charge in [-0.15, -0.1) is 0 Å². The number of hydrogen-bond acceptors (Lipinski definition) is 2. The first kappa shape index (κ1) is 14.2. The van der Waals surface area contributed by atoms with Gasteiger partial charge in [0.2, 0.25) is 5.91 Å². The number of hydrogen-bond donors (Lipinski definition) is 1. The van der Waals surface area contributed by atoms with E-state index in [0.717, 1.165) is 4.90 Å². The fourth-order valence-electron chi connectivity index (χ4n) is 1.48. The molecule has 1 aromatic rings. The van der Waals surface area contributed by atoms with Crippen molar-refractivity contribution in [3.05, 3.63) is 30.1 Å². The molecule has 0 aliphatic heterocycles. The highest BCUT2D eigenvalue weighted by Crippen LogP contribution is 2.25. The summed E-state index contributed by atoms with van der Waals surface area (Å²) in [6, 6.07) is 5.63. The van der Waals surface area contributed by atoms with Gasteiger partial charge in [-0.05, 0) is 12.1 Å². The lowest BCUT2D eigenvalue weighted by Gasteiger charge is -2.28. The number of carboxylic acid groups (broad SMARTS) is 1. The van der Waals surface area contributed by atoms with E-state index in [1.807, 2.05) is 0 Å². The SMILES string of the molecule is CC(C)(C)C(=O)N(CC(=O)O)c1ccccc1F. The van der Waals surface area contributed by atoms with Gasteiger partial charge in [0.1, 0.15) is 12.4 Å². The molecule has 0 saturated carbocycles. The summed E-state index contributed by atoms with van der Waals surface area (Å²) in [5.41, 5.74) is -0.794. The van der Waals surface area contributed by atoms with Crippen LogP contribution in [0, 0.1) is 11.2 Å². The van der Waals surface area contributed by atoms with Crippen LogP contribution < -0.4 is 4.90 Å². The summed E-state index contributed by atoms with van der Waals surface area (Å²) in [6.07, 6.45) is 0. The predicted octanol–water partition coefficient (Wildman–Crippen LogP) is 2.29. The number of nitrogens with zero attached hydrogens (tertiary/aromatic N) is 1. The van der Waals surface area contributed by atoms with E-state index in [1.54, 1.807) is 26.8 Å². The smallest absolute Gasteiger partial charge is 0.323 e. The van der Waals surface area contributed by atoms with Crippen LogP contribution in [0.3, 0.4) is 0 Å². The summed E-state index contributed by atoms with van der Waals surface area (Å²) in [4.78, 5) is 23.9. The van der Waals surface area contributed by atoms with Gasteiger partial charge >= 0.3 is 5.97 Å². The number of amides is 1. The van der Waals surface area contributed by atoms with Crippen molar-refractivity contribution in [2.24, 2.45) is 5.41 Å². The van der Waals surface area contributed by atoms with Crippen LogP contribution in [0.2, 0.25) is 0 Å². The molecule has 0 saturated heterocycles. The molecule has 0 bridgehead atoms. The van der Waals surface area contributed by atoms with Crippen LogP contribution in [0.4, 0.5) is 10.1 Å². The molecule has 0 aliphatic carbocycles. The van der Waals surface area contributed by atoms with E-state index in [2.05, 4.69) is 0 Å². The van der Waals surface area contributed by atoms with E-state index >= 15 is 0 Å². The summed E-state index contributed by atoms with van der Waals surface area (Å²) in [7, 11) is 0. The Morgan fingerprint density at radius 1 is 1.28 bits per heavy atom. The van der Waals surface area contributed by atoms with Crippen LogP contribution in [0.25, 0.3) is 0 Å². The highest BCUT2D eigenvalue weighted by Gasteiger charge is 2.30. The molecule has 0 atom stereocenters. The van der Waals surface area contributed by atoms with Gasteiger partial charge in [-0.2, -0.15) is 0 Å². The zero-order valence-corrected chi connectivity index (χ0v) is 10.6. The molecule has 5 heteroatoms. The maximum absolute atomic E-state index is 13.7. The molecule has 0 heterocycles. The average molecular weight is 253 g/mol. The molecule has 1 rings (SSSR count). The van der Waals surface area contributed by atoms with Crippen LogP contribution in [0.5, 0.6) is 0 Å². The van der Waals surface area contributed by atoms with Crippen molar-refractivity contribution in [1.82, 2.24) is 0 Å². The van der Waals surface area contributed by atoms with Crippen LogP contribution in [0.1, 0.15) is 20.8 Å². The minimum absolute atomic E-state index is 0.0141. The Morgan fingerprint density at radius 2 is 1.83 bits per heavy atom. The molecule has 1 N–H and O–H groups in total. The molecule has 1 aromatic carbocycles. The summed E-state index contributed by atoms with van der Waals surface area (Å²) in [6.45, 7) is 4.41. The quantitative estimate of drug-likeness (QED) is 0.899. The summed E-state index contributed by atoms with van der Waals surface area (Å²) >= 11 is 0. The van der Waals surface area contributed by atoms with Crippen LogP contribution >= 0.6 is 0 Å². The molecule has 0 radical (unpaired) electrons.